The SMILES string of the molecule is Cc1ccc(CNC(=O)CCS(=O)(=O)c2ccc3c(c2)NC(=O)C(C)CS3)o1. The molecule has 0 aliphatic carbocycles. The molecule has 1 atom stereocenters. The number of benzene rings is 1. The average Bonchev–Trinajstić information content (AvgIpc) is 3.02. The Morgan fingerprint density at radius 2 is 2.11 bits per heavy atom. The Morgan fingerprint density at radius 3 is 2.82 bits per heavy atom. The molecule has 0 saturated heterocycles. The summed E-state index contributed by atoms with van der Waals surface area (Å²) < 4.78 is 30.6. The molecular formula is C19H22N2O5S2. The van der Waals surface area contributed by atoms with Gasteiger partial charge in [-0.3, -0.25) is 9.59 Å². The minimum atomic E-state index is -3.66. The first-order valence-corrected chi connectivity index (χ1v) is 11.5. The largest absolute Gasteiger partial charge is 0.465 e. The van der Waals surface area contributed by atoms with E-state index in [0.29, 0.717) is 17.2 Å². The molecule has 28 heavy (non-hydrogen) atoms. The number of sulfone groups is 1. The Kier molecular flexibility index (Phi) is 6.14. The van der Waals surface area contributed by atoms with Gasteiger partial charge in [0.25, 0.3) is 0 Å². The van der Waals surface area contributed by atoms with Crippen molar-refractivity contribution in [2.24, 2.45) is 5.92 Å². The summed E-state index contributed by atoms with van der Waals surface area (Å²) in [7, 11) is -3.66. The van der Waals surface area contributed by atoms with Gasteiger partial charge in [0, 0.05) is 23.0 Å². The summed E-state index contributed by atoms with van der Waals surface area (Å²) in [6.45, 7) is 3.85. The fraction of sp³-hybridized carbons (Fsp3) is 0.368. The van der Waals surface area contributed by atoms with E-state index in [4.69, 9.17) is 4.42 Å². The number of fused-ring (bicyclic) bond motifs is 1. The predicted octanol–water partition coefficient (Wildman–Crippen LogP) is 2.75. The lowest BCUT2D eigenvalue weighted by molar-refractivity contribution is -0.121. The highest BCUT2D eigenvalue weighted by Gasteiger charge is 2.23. The molecule has 0 spiro atoms. The first kappa shape index (κ1) is 20.5. The molecule has 0 saturated carbocycles. The molecular weight excluding hydrogens is 400 g/mol. The van der Waals surface area contributed by atoms with E-state index >= 15 is 0 Å². The van der Waals surface area contributed by atoms with Crippen LogP contribution in [-0.4, -0.2) is 31.7 Å². The van der Waals surface area contributed by atoms with E-state index in [1.807, 2.05) is 6.92 Å². The monoisotopic (exact) mass is 422 g/mol. The molecule has 3 rings (SSSR count). The van der Waals surface area contributed by atoms with Gasteiger partial charge in [0.1, 0.15) is 11.5 Å². The van der Waals surface area contributed by atoms with E-state index in [1.165, 1.54) is 23.9 Å². The molecule has 2 aromatic rings. The van der Waals surface area contributed by atoms with Crippen molar-refractivity contribution in [3.8, 4) is 0 Å². The zero-order valence-corrected chi connectivity index (χ0v) is 17.3. The Balaban J connectivity index is 1.62. The van der Waals surface area contributed by atoms with Crippen molar-refractivity contribution in [3.63, 3.8) is 0 Å². The Bertz CT molecular complexity index is 998. The number of furan rings is 1. The molecule has 9 heteroatoms. The normalized spacial score (nSPS) is 16.8. The first-order valence-electron chi connectivity index (χ1n) is 8.87. The zero-order valence-electron chi connectivity index (χ0n) is 15.7. The third-order valence-electron chi connectivity index (χ3n) is 4.36. The van der Waals surface area contributed by atoms with Crippen LogP contribution in [0.5, 0.6) is 0 Å². The standard InChI is InChI=1S/C19H22N2O5S2/c1-12-11-27-17-6-5-15(9-16(17)21-19(12)23)28(24,25)8-7-18(22)20-10-14-4-3-13(2)26-14/h3-6,9,12H,7-8,10-11H2,1-2H3,(H,20,22)(H,21,23). The van der Waals surface area contributed by atoms with Gasteiger partial charge in [0.2, 0.25) is 11.8 Å². The summed E-state index contributed by atoms with van der Waals surface area (Å²) in [5.74, 6) is 1.03. The third kappa shape index (κ3) is 4.96. The second kappa shape index (κ2) is 8.40. The molecule has 1 aromatic heterocycles. The maximum atomic E-state index is 12.6. The van der Waals surface area contributed by atoms with E-state index in [1.54, 1.807) is 25.1 Å². The number of hydrogen-bond acceptors (Lipinski definition) is 6. The summed E-state index contributed by atoms with van der Waals surface area (Å²) in [6.07, 6.45) is -0.156. The van der Waals surface area contributed by atoms with Crippen molar-refractivity contribution >= 4 is 39.1 Å². The Morgan fingerprint density at radius 1 is 1.32 bits per heavy atom. The van der Waals surface area contributed by atoms with E-state index in [9.17, 15) is 18.0 Å². The van der Waals surface area contributed by atoms with Gasteiger partial charge in [-0.25, -0.2) is 8.42 Å². The highest BCUT2D eigenvalue weighted by atomic mass is 32.2. The van der Waals surface area contributed by atoms with Gasteiger partial charge in [-0.15, -0.1) is 11.8 Å². The van der Waals surface area contributed by atoms with Gasteiger partial charge in [-0.2, -0.15) is 0 Å². The second-order valence-corrected chi connectivity index (χ2v) is 9.89. The summed E-state index contributed by atoms with van der Waals surface area (Å²) in [4.78, 5) is 24.9. The van der Waals surface area contributed by atoms with Gasteiger partial charge in [-0.1, -0.05) is 6.92 Å². The Hall–Kier alpha value is -2.26. The van der Waals surface area contributed by atoms with Gasteiger partial charge in [0.15, 0.2) is 9.84 Å². The predicted molar refractivity (Wildman–Crippen MR) is 107 cm³/mol. The van der Waals surface area contributed by atoms with Crippen LogP contribution in [0.4, 0.5) is 5.69 Å². The minimum absolute atomic E-state index is 0.0937. The van der Waals surface area contributed by atoms with Crippen molar-refractivity contribution in [1.82, 2.24) is 5.32 Å². The molecule has 150 valence electrons. The van der Waals surface area contributed by atoms with Crippen molar-refractivity contribution in [2.45, 2.75) is 36.6 Å². The van der Waals surface area contributed by atoms with Crippen LogP contribution < -0.4 is 10.6 Å². The molecule has 2 amide bonds. The van der Waals surface area contributed by atoms with Crippen molar-refractivity contribution in [2.75, 3.05) is 16.8 Å². The number of aryl methyl sites for hydroxylation is 1. The van der Waals surface area contributed by atoms with E-state index in [2.05, 4.69) is 10.6 Å². The third-order valence-corrected chi connectivity index (χ3v) is 7.41. The molecule has 1 aliphatic heterocycles. The van der Waals surface area contributed by atoms with Gasteiger partial charge in [-0.05, 0) is 37.3 Å². The molecule has 7 nitrogen and oxygen atoms in total. The molecule has 1 aromatic carbocycles. The summed E-state index contributed by atoms with van der Waals surface area (Å²) >= 11 is 1.51. The number of nitrogens with one attached hydrogen (secondary N) is 2. The molecule has 0 fully saturated rings. The fourth-order valence-corrected chi connectivity index (χ4v) is 4.94. The number of carbonyl (C=O) groups is 2. The number of thioether (sulfide) groups is 1. The van der Waals surface area contributed by atoms with Gasteiger partial charge < -0.3 is 15.1 Å². The van der Waals surface area contributed by atoms with Crippen LogP contribution in [0.25, 0.3) is 0 Å². The van der Waals surface area contributed by atoms with Crippen LogP contribution in [0, 0.1) is 12.8 Å². The maximum Gasteiger partial charge on any atom is 0.228 e. The highest BCUT2D eigenvalue weighted by molar-refractivity contribution is 7.99. The summed E-state index contributed by atoms with van der Waals surface area (Å²) in [6, 6.07) is 8.24. The number of anilines is 1. The molecule has 2 N–H and O–H groups in total. The average molecular weight is 423 g/mol. The zero-order chi connectivity index (χ0) is 20.3. The maximum absolute atomic E-state index is 12.6. The van der Waals surface area contributed by atoms with Crippen LogP contribution >= 0.6 is 11.8 Å². The van der Waals surface area contributed by atoms with Crippen LogP contribution in [0.3, 0.4) is 0 Å². The molecule has 2 heterocycles. The summed E-state index contributed by atoms with van der Waals surface area (Å²) in [5.41, 5.74) is 0.498. The molecule has 0 bridgehead atoms. The van der Waals surface area contributed by atoms with Crippen molar-refractivity contribution in [3.05, 3.63) is 41.9 Å². The van der Waals surface area contributed by atoms with E-state index in [0.717, 1.165) is 10.7 Å². The number of carbonyl (C=O) groups excluding carboxylic acids is 2. The molecule has 0 radical (unpaired) electrons. The van der Waals surface area contributed by atoms with E-state index < -0.39 is 9.84 Å². The smallest absolute Gasteiger partial charge is 0.228 e. The van der Waals surface area contributed by atoms with Gasteiger partial charge >= 0.3 is 0 Å². The lowest BCUT2D eigenvalue weighted by Gasteiger charge is -2.10. The van der Waals surface area contributed by atoms with Crippen LogP contribution in [0.15, 0.2) is 44.5 Å². The fourth-order valence-electron chi connectivity index (χ4n) is 2.67. The Labute approximate surface area is 168 Å². The first-order chi connectivity index (χ1) is 13.2. The van der Waals surface area contributed by atoms with Crippen molar-refractivity contribution < 1.29 is 22.4 Å². The summed E-state index contributed by atoms with van der Waals surface area (Å²) in [5, 5.41) is 5.42. The topological polar surface area (TPSA) is 105 Å². The van der Waals surface area contributed by atoms with Crippen LogP contribution in [-0.2, 0) is 26.0 Å². The van der Waals surface area contributed by atoms with Gasteiger partial charge in [0.05, 0.1) is 22.9 Å². The van der Waals surface area contributed by atoms with Crippen LogP contribution in [0.1, 0.15) is 24.9 Å². The number of rotatable bonds is 6. The lowest BCUT2D eigenvalue weighted by atomic mass is 10.2. The molecule has 1 unspecified atom stereocenters. The van der Waals surface area contributed by atoms with Crippen LogP contribution in [0.2, 0.25) is 0 Å². The molecule has 1 aliphatic rings. The highest BCUT2D eigenvalue weighted by Crippen LogP contribution is 2.34. The second-order valence-electron chi connectivity index (χ2n) is 6.72. The van der Waals surface area contributed by atoms with Crippen molar-refractivity contribution in [1.29, 1.82) is 0 Å². The number of amides is 2. The lowest BCUT2D eigenvalue weighted by Crippen LogP contribution is -2.25. The number of hydrogen-bond donors (Lipinski definition) is 2. The quantitative estimate of drug-likeness (QED) is 0.742. The minimum Gasteiger partial charge on any atom is -0.465 e. The van der Waals surface area contributed by atoms with E-state index in [-0.39, 0.29) is 41.3 Å².